The predicted octanol–water partition coefficient (Wildman–Crippen LogP) is -0.736. The third kappa shape index (κ3) is 4.65. The van der Waals surface area contributed by atoms with E-state index in [0.29, 0.717) is 0 Å². The molecular weight excluding hydrogens is 142 g/mol. The van der Waals surface area contributed by atoms with Gasteiger partial charge in [0.25, 0.3) is 5.56 Å². The lowest BCUT2D eigenvalue weighted by atomic mass is 10.7. The van der Waals surface area contributed by atoms with Gasteiger partial charge in [0.15, 0.2) is 0 Å². The maximum atomic E-state index is 9.98. The van der Waals surface area contributed by atoms with E-state index in [1.54, 1.807) is 6.20 Å². The smallest absolute Gasteiger partial charge is 0.263 e. The molecule has 0 radical (unpaired) electrons. The molecule has 0 aliphatic carbocycles. The summed E-state index contributed by atoms with van der Waals surface area (Å²) in [6.45, 7) is 4.75. The molecule has 1 rings (SSSR count). The standard InChI is InChI=1S/C3H4N2O.CN.ClH2/c6-3-1-2-4-5-3;1-2;/h1-2H,(H2,4,5,6);;1H2/q;-1;+1. The van der Waals surface area contributed by atoms with Crippen molar-refractivity contribution in [3.63, 3.8) is 0 Å². The van der Waals surface area contributed by atoms with E-state index >= 15 is 0 Å². The van der Waals surface area contributed by atoms with Crippen molar-refractivity contribution in [3.05, 3.63) is 29.2 Å². The number of nitrogens with zero attached hydrogens (tertiary/aromatic N) is 1. The van der Waals surface area contributed by atoms with Gasteiger partial charge < -0.3 is 16.9 Å². The number of nitrogens with one attached hydrogen (secondary N) is 2. The van der Waals surface area contributed by atoms with Crippen LogP contribution in [0.15, 0.2) is 17.1 Å². The molecule has 5 heteroatoms. The molecule has 2 N–H and O–H groups in total. The van der Waals surface area contributed by atoms with Crippen molar-refractivity contribution in [3.8, 4) is 0 Å². The van der Waals surface area contributed by atoms with E-state index in [1.165, 1.54) is 6.07 Å². The first-order chi connectivity index (χ1) is 3.89. The van der Waals surface area contributed by atoms with Crippen LogP contribution < -0.4 is 5.56 Å². The van der Waals surface area contributed by atoms with Gasteiger partial charge in [0.05, 0.1) is 12.4 Å². The zero-order chi connectivity index (χ0) is 6.41. The van der Waals surface area contributed by atoms with Crippen LogP contribution >= 0.6 is 0 Å². The Kier molecular flexibility index (Phi) is 8.08. The summed E-state index contributed by atoms with van der Waals surface area (Å²) in [5.41, 5.74) is -0.0880. The lowest BCUT2D eigenvalue weighted by Crippen LogP contribution is -1.93. The Hall–Kier alpha value is -1.21. The molecule has 0 fully saturated rings. The van der Waals surface area contributed by atoms with E-state index in [1.807, 2.05) is 0 Å². The molecule has 50 valence electrons. The van der Waals surface area contributed by atoms with Crippen LogP contribution in [-0.4, -0.2) is 10.2 Å². The van der Waals surface area contributed by atoms with Crippen LogP contribution in [0.3, 0.4) is 0 Å². The zero-order valence-corrected chi connectivity index (χ0v) is 5.35. The number of rotatable bonds is 0. The molecular formula is C4H6ClN3O. The third-order valence-corrected chi connectivity index (χ3v) is 0.513. The molecule has 0 spiro atoms. The monoisotopic (exact) mass is 147 g/mol. The summed E-state index contributed by atoms with van der Waals surface area (Å²) in [6, 6.07) is 1.42. The number of halogens is 1. The molecule has 0 atom stereocenters. The van der Waals surface area contributed by atoms with Crippen molar-refractivity contribution in [2.75, 3.05) is 0 Å². The summed E-state index contributed by atoms with van der Waals surface area (Å²) in [7, 11) is 0. The van der Waals surface area contributed by atoms with E-state index in [4.69, 9.17) is 11.8 Å². The number of hydrogen-bond acceptors (Lipinski definition) is 2. The minimum atomic E-state index is -0.0880. The average molecular weight is 148 g/mol. The van der Waals surface area contributed by atoms with E-state index in [9.17, 15) is 4.79 Å². The second-order valence-electron chi connectivity index (χ2n) is 0.967. The van der Waals surface area contributed by atoms with Gasteiger partial charge >= 0.3 is 0 Å². The lowest BCUT2D eigenvalue weighted by molar-refractivity contribution is -0.00000212. The average Bonchev–Trinajstić information content (AvgIpc) is 2.24. The Morgan fingerprint density at radius 2 is 2.11 bits per heavy atom. The van der Waals surface area contributed by atoms with Gasteiger partial charge in [0, 0.05) is 12.3 Å². The number of H-pyrrole nitrogens is 2. The molecule has 0 bridgehead atoms. The van der Waals surface area contributed by atoms with Crippen molar-refractivity contribution in [2.45, 2.75) is 0 Å². The van der Waals surface area contributed by atoms with E-state index in [2.05, 4.69) is 10.2 Å². The Balaban J connectivity index is 0. The van der Waals surface area contributed by atoms with E-state index in [0.717, 1.165) is 0 Å². The molecule has 0 saturated heterocycles. The normalized spacial score (nSPS) is 6.00. The number of aromatic nitrogens is 2. The van der Waals surface area contributed by atoms with Gasteiger partial charge in [-0.05, 0) is 0 Å². The van der Waals surface area contributed by atoms with Crippen LogP contribution in [0.25, 0.3) is 0 Å². The van der Waals surface area contributed by atoms with E-state index in [-0.39, 0.29) is 18.0 Å². The topological polar surface area (TPSA) is 72.4 Å². The summed E-state index contributed by atoms with van der Waals surface area (Å²) in [5, 5.41) is 11.1. The van der Waals surface area contributed by atoms with Crippen LogP contribution in [0.1, 0.15) is 0 Å². The molecule has 4 nitrogen and oxygen atoms in total. The quantitative estimate of drug-likeness (QED) is 0.475. The maximum Gasteiger partial charge on any atom is 0.263 e. The second kappa shape index (κ2) is 6.79. The first kappa shape index (κ1) is 10.7. The summed E-state index contributed by atoms with van der Waals surface area (Å²) in [4.78, 5) is 9.98. The zero-order valence-electron chi connectivity index (χ0n) is 4.46. The van der Waals surface area contributed by atoms with Gasteiger partial charge in [-0.15, -0.1) is 0 Å². The first-order valence-corrected chi connectivity index (χ1v) is 1.84. The van der Waals surface area contributed by atoms with Crippen LogP contribution in [0, 0.1) is 24.2 Å². The predicted molar refractivity (Wildman–Crippen MR) is 29.2 cm³/mol. The number of aromatic amines is 2. The molecule has 1 heterocycles. The van der Waals surface area contributed by atoms with Gasteiger partial charge in [-0.25, -0.2) is 0 Å². The highest BCUT2D eigenvalue weighted by Crippen LogP contribution is 1.53. The Labute approximate surface area is 57.9 Å². The summed E-state index contributed by atoms with van der Waals surface area (Å²) in [6.07, 6.45) is 1.54. The summed E-state index contributed by atoms with van der Waals surface area (Å²) < 4.78 is 0. The molecule has 0 unspecified atom stereocenters. The van der Waals surface area contributed by atoms with Gasteiger partial charge in [-0.3, -0.25) is 9.89 Å². The fourth-order valence-corrected chi connectivity index (χ4v) is 0.272. The van der Waals surface area contributed by atoms with Crippen molar-refractivity contribution >= 4 is 0 Å². The minimum Gasteiger partial charge on any atom is -0.512 e. The van der Waals surface area contributed by atoms with Crippen molar-refractivity contribution < 1.29 is 12.4 Å². The van der Waals surface area contributed by atoms with Crippen molar-refractivity contribution in [2.24, 2.45) is 0 Å². The maximum absolute atomic E-state index is 9.98. The molecule has 0 aliphatic heterocycles. The van der Waals surface area contributed by atoms with Gasteiger partial charge in [-0.2, -0.15) is 0 Å². The Morgan fingerprint density at radius 1 is 1.56 bits per heavy atom. The first-order valence-electron chi connectivity index (χ1n) is 1.84. The molecule has 0 aliphatic rings. The second-order valence-corrected chi connectivity index (χ2v) is 0.967. The third-order valence-electron chi connectivity index (χ3n) is 0.513. The van der Waals surface area contributed by atoms with E-state index < -0.39 is 0 Å². The lowest BCUT2D eigenvalue weighted by Gasteiger charge is -1.55. The summed E-state index contributed by atoms with van der Waals surface area (Å²) in [5.74, 6) is 0. The number of hydrogen-bond donors (Lipinski definition) is 2. The van der Waals surface area contributed by atoms with Crippen LogP contribution in [0.4, 0.5) is 0 Å². The SMILES string of the molecule is O=c1cc[nH][nH]1.[C-]#N.[ClH2+]. The molecule has 9 heavy (non-hydrogen) atoms. The van der Waals surface area contributed by atoms with Crippen LogP contribution in [-0.2, 0) is 0 Å². The molecule has 0 saturated carbocycles. The fraction of sp³-hybridized carbons (Fsp3) is 0. The fourth-order valence-electron chi connectivity index (χ4n) is 0.272. The highest BCUT2D eigenvalue weighted by atomic mass is 35.5. The highest BCUT2D eigenvalue weighted by Gasteiger charge is 1.70. The minimum absolute atomic E-state index is 0. The molecule has 1 aromatic heterocycles. The summed E-state index contributed by atoms with van der Waals surface area (Å²) >= 11 is 0. The van der Waals surface area contributed by atoms with Crippen LogP contribution in [0.2, 0.25) is 0 Å². The Morgan fingerprint density at radius 3 is 2.22 bits per heavy atom. The highest BCUT2D eigenvalue weighted by molar-refractivity contribution is 4.75. The van der Waals surface area contributed by atoms with Crippen molar-refractivity contribution in [1.82, 2.24) is 10.2 Å². The molecule has 1 aromatic rings. The van der Waals surface area contributed by atoms with Gasteiger partial charge in [0.1, 0.15) is 0 Å². The largest absolute Gasteiger partial charge is 0.512 e. The molecule has 0 aromatic carbocycles. The van der Waals surface area contributed by atoms with Crippen molar-refractivity contribution in [1.29, 1.82) is 5.26 Å². The molecule has 0 amide bonds. The van der Waals surface area contributed by atoms with Gasteiger partial charge in [-0.1, -0.05) is 0 Å². The van der Waals surface area contributed by atoms with Gasteiger partial charge in [0.2, 0.25) is 0 Å². The van der Waals surface area contributed by atoms with Crippen LogP contribution in [0.5, 0.6) is 0 Å². The Bertz CT molecular complexity index is 184.